The average molecular weight is 704 g/mol. The smallest absolute Gasteiger partial charge is 0.245 e. The Morgan fingerprint density at radius 1 is 0.837 bits per heavy atom. The number of carbonyl (C=O) groups is 3. The molecule has 3 unspecified atom stereocenters. The van der Waals surface area contributed by atoms with Crippen LogP contribution in [-0.4, -0.2) is 65.9 Å². The van der Waals surface area contributed by atoms with Gasteiger partial charge in [0.15, 0.2) is 0 Å². The van der Waals surface area contributed by atoms with E-state index in [2.05, 4.69) is 20.9 Å². The van der Waals surface area contributed by atoms with Crippen molar-refractivity contribution < 1.29 is 14.4 Å². The zero-order chi connectivity index (χ0) is 34.8. The van der Waals surface area contributed by atoms with Gasteiger partial charge in [-0.1, -0.05) is 65.8 Å². The number of fused-ring (bicyclic) bond motifs is 3. The first kappa shape index (κ1) is 36.4. The molecule has 2 heterocycles. The molecule has 1 aliphatic heterocycles. The van der Waals surface area contributed by atoms with Gasteiger partial charge >= 0.3 is 0 Å². The Morgan fingerprint density at radius 2 is 1.57 bits per heavy atom. The fourth-order valence-electron chi connectivity index (χ4n) is 6.18. The van der Waals surface area contributed by atoms with Crippen LogP contribution in [0.1, 0.15) is 48.8 Å². The number of halogens is 1. The number of benzene rings is 3. The summed E-state index contributed by atoms with van der Waals surface area (Å²) in [6, 6.07) is 19.2. The Hall–Kier alpha value is -3.87. The van der Waals surface area contributed by atoms with Crippen molar-refractivity contribution >= 4 is 52.0 Å². The molecule has 12 heteroatoms. The molecule has 260 valence electrons. The van der Waals surface area contributed by atoms with E-state index in [1.54, 1.807) is 18.8 Å². The molecular weight excluding hydrogens is 658 g/mol. The number of aromatic nitrogens is 1. The second-order valence-electron chi connectivity index (χ2n) is 12.4. The molecule has 0 saturated heterocycles. The number of likely N-dealkylation sites (N-methyl/N-ethyl adjacent to an activating group) is 1. The van der Waals surface area contributed by atoms with E-state index in [0.29, 0.717) is 56.8 Å². The highest BCUT2D eigenvalue weighted by Gasteiger charge is 2.34. The summed E-state index contributed by atoms with van der Waals surface area (Å²) in [5.74, 6) is -0.944. The fourth-order valence-corrected chi connectivity index (χ4v) is 7.59. The summed E-state index contributed by atoms with van der Waals surface area (Å²) < 4.78 is 0. The molecular formula is C37H46ClN7O3S. The number of para-hydroxylation sites is 1. The maximum atomic E-state index is 14.3. The van der Waals surface area contributed by atoms with Crippen LogP contribution in [0, 0.1) is 0 Å². The lowest BCUT2D eigenvalue weighted by Gasteiger charge is -2.32. The lowest BCUT2D eigenvalue weighted by atomic mass is 10.0. The number of H-pyrrole nitrogens is 1. The van der Waals surface area contributed by atoms with Crippen LogP contribution in [0.3, 0.4) is 0 Å². The molecule has 0 bridgehead atoms. The number of carbonyl (C=O) groups excluding carboxylic acids is 3. The summed E-state index contributed by atoms with van der Waals surface area (Å²) in [4.78, 5) is 49.1. The van der Waals surface area contributed by atoms with E-state index < -0.39 is 18.1 Å². The van der Waals surface area contributed by atoms with Crippen LogP contribution < -0.4 is 27.4 Å². The fraction of sp³-hybridized carbons (Fsp3) is 0.378. The van der Waals surface area contributed by atoms with Crippen LogP contribution in [-0.2, 0) is 33.9 Å². The van der Waals surface area contributed by atoms with Crippen molar-refractivity contribution in [2.45, 2.75) is 79.5 Å². The molecule has 1 aliphatic rings. The summed E-state index contributed by atoms with van der Waals surface area (Å²) in [5, 5.41) is 11.1. The van der Waals surface area contributed by atoms with Crippen molar-refractivity contribution in [1.29, 1.82) is 0 Å². The minimum atomic E-state index is -0.873. The molecule has 4 aromatic rings. The lowest BCUT2D eigenvalue weighted by Crippen LogP contribution is -2.57. The van der Waals surface area contributed by atoms with E-state index in [9.17, 15) is 14.4 Å². The standard InChI is InChI=1S/C37H46ClN7O3S/c1-45-32(20-25-22-41-29-13-4-3-11-26(25)29)36(47)43-23-27-28(38)12-8-17-34(27)49-33-16-5-2-10-24(33)21-42-30(15-9-19-40)35(46)44-31(37(45)48)14-6-7-18-39/h2-5,8,10-13,16-17,22,30-32,41-42H,6-7,9,14-15,18-21,23,39-40H2,1H3,(H,43,47)(H,44,46). The van der Waals surface area contributed by atoms with Crippen molar-refractivity contribution in [2.24, 2.45) is 11.5 Å². The second-order valence-corrected chi connectivity index (χ2v) is 13.9. The molecule has 0 fully saturated rings. The number of unbranched alkanes of at least 4 members (excludes halogenated alkanes) is 1. The quantitative estimate of drug-likeness (QED) is 0.140. The molecule has 0 aliphatic carbocycles. The number of hydrogen-bond donors (Lipinski definition) is 6. The molecule has 8 N–H and O–H groups in total. The Kier molecular flexibility index (Phi) is 13.1. The van der Waals surface area contributed by atoms with Gasteiger partial charge in [-0.15, -0.1) is 0 Å². The van der Waals surface area contributed by atoms with Gasteiger partial charge in [-0.05, 0) is 80.6 Å². The molecule has 3 amide bonds. The first-order valence-corrected chi connectivity index (χ1v) is 18.1. The number of amides is 3. The maximum Gasteiger partial charge on any atom is 0.245 e. The van der Waals surface area contributed by atoms with E-state index in [-0.39, 0.29) is 30.7 Å². The molecule has 0 radical (unpaired) electrons. The van der Waals surface area contributed by atoms with E-state index in [1.807, 2.05) is 72.9 Å². The summed E-state index contributed by atoms with van der Waals surface area (Å²) in [6.07, 6.45) is 5.01. The molecule has 49 heavy (non-hydrogen) atoms. The maximum absolute atomic E-state index is 14.3. The van der Waals surface area contributed by atoms with Gasteiger partial charge in [0.2, 0.25) is 17.7 Å². The van der Waals surface area contributed by atoms with Crippen LogP contribution in [0.25, 0.3) is 10.9 Å². The molecule has 5 rings (SSSR count). The Balaban J connectivity index is 1.55. The topological polar surface area (TPSA) is 158 Å². The van der Waals surface area contributed by atoms with Crippen LogP contribution >= 0.6 is 23.4 Å². The number of aromatic amines is 1. The van der Waals surface area contributed by atoms with Crippen molar-refractivity contribution in [2.75, 3.05) is 20.1 Å². The van der Waals surface area contributed by atoms with E-state index in [0.717, 1.165) is 37.4 Å². The highest BCUT2D eigenvalue weighted by Crippen LogP contribution is 2.36. The molecule has 10 nitrogen and oxygen atoms in total. The lowest BCUT2D eigenvalue weighted by molar-refractivity contribution is -0.142. The van der Waals surface area contributed by atoms with Crippen LogP contribution in [0.4, 0.5) is 0 Å². The number of hydrogen-bond acceptors (Lipinski definition) is 7. The monoisotopic (exact) mass is 703 g/mol. The molecule has 3 aromatic carbocycles. The molecule has 0 saturated carbocycles. The highest BCUT2D eigenvalue weighted by atomic mass is 35.5. The summed E-state index contributed by atoms with van der Waals surface area (Å²) in [5.41, 5.74) is 15.3. The van der Waals surface area contributed by atoms with Crippen LogP contribution in [0.15, 0.2) is 82.7 Å². The largest absolute Gasteiger partial charge is 0.361 e. The van der Waals surface area contributed by atoms with Crippen LogP contribution in [0.2, 0.25) is 5.02 Å². The van der Waals surface area contributed by atoms with Crippen molar-refractivity contribution in [3.63, 3.8) is 0 Å². The zero-order valence-corrected chi connectivity index (χ0v) is 29.4. The van der Waals surface area contributed by atoms with Gasteiger partial charge in [0, 0.05) is 64.0 Å². The molecule has 3 atom stereocenters. The second kappa shape index (κ2) is 17.7. The third-order valence-corrected chi connectivity index (χ3v) is 10.6. The summed E-state index contributed by atoms with van der Waals surface area (Å²) in [6.45, 7) is 1.50. The third-order valence-electron chi connectivity index (χ3n) is 9.03. The van der Waals surface area contributed by atoms with Gasteiger partial charge < -0.3 is 37.3 Å². The van der Waals surface area contributed by atoms with Crippen molar-refractivity contribution in [3.05, 3.63) is 94.6 Å². The molecule has 1 aromatic heterocycles. The Labute approximate surface area is 297 Å². The summed E-state index contributed by atoms with van der Waals surface area (Å²) >= 11 is 8.32. The van der Waals surface area contributed by atoms with Gasteiger partial charge in [0.05, 0.1) is 6.04 Å². The zero-order valence-electron chi connectivity index (χ0n) is 27.8. The first-order chi connectivity index (χ1) is 23.8. The number of nitrogens with two attached hydrogens (primary N) is 2. The average Bonchev–Trinajstić information content (AvgIpc) is 3.52. The number of nitrogens with zero attached hydrogens (tertiary/aromatic N) is 1. The minimum absolute atomic E-state index is 0.172. The number of nitrogens with one attached hydrogen (secondary N) is 4. The Morgan fingerprint density at radius 3 is 2.39 bits per heavy atom. The predicted octanol–water partition coefficient (Wildman–Crippen LogP) is 4.48. The highest BCUT2D eigenvalue weighted by molar-refractivity contribution is 7.99. The predicted molar refractivity (Wildman–Crippen MR) is 196 cm³/mol. The van der Waals surface area contributed by atoms with E-state index in [1.165, 1.54) is 4.90 Å². The van der Waals surface area contributed by atoms with Gasteiger partial charge in [-0.3, -0.25) is 14.4 Å². The van der Waals surface area contributed by atoms with Gasteiger partial charge in [0.25, 0.3) is 0 Å². The van der Waals surface area contributed by atoms with Gasteiger partial charge in [-0.25, -0.2) is 0 Å². The van der Waals surface area contributed by atoms with E-state index in [4.69, 9.17) is 23.1 Å². The Bertz CT molecular complexity index is 1750. The van der Waals surface area contributed by atoms with Gasteiger partial charge in [-0.2, -0.15) is 0 Å². The van der Waals surface area contributed by atoms with E-state index >= 15 is 0 Å². The van der Waals surface area contributed by atoms with Crippen molar-refractivity contribution in [3.8, 4) is 0 Å². The van der Waals surface area contributed by atoms with Gasteiger partial charge in [0.1, 0.15) is 12.1 Å². The van der Waals surface area contributed by atoms with Crippen LogP contribution in [0.5, 0.6) is 0 Å². The van der Waals surface area contributed by atoms with Crippen molar-refractivity contribution in [1.82, 2.24) is 25.8 Å². The number of rotatable bonds is 9. The summed E-state index contributed by atoms with van der Waals surface area (Å²) in [7, 11) is 1.63. The third kappa shape index (κ3) is 9.23. The SMILES string of the molecule is CN1C(=O)C(CCCCN)NC(=O)C(CCCN)NCc2ccccc2Sc2cccc(Cl)c2CNC(=O)C1Cc1c[nH]c2ccccc12. The normalized spacial score (nSPS) is 19.6. The first-order valence-electron chi connectivity index (χ1n) is 16.9. The minimum Gasteiger partial charge on any atom is -0.361 e. The molecule has 0 spiro atoms.